The zero-order valence-corrected chi connectivity index (χ0v) is 21.6. The Morgan fingerprint density at radius 1 is 1.15 bits per heavy atom. The number of carbonyl (C=O) groups is 2. The van der Waals surface area contributed by atoms with E-state index in [0.29, 0.717) is 23.2 Å². The number of halogens is 1. The van der Waals surface area contributed by atoms with E-state index in [4.69, 9.17) is 16.3 Å². The molecule has 33 heavy (non-hydrogen) atoms. The second-order valence-corrected chi connectivity index (χ2v) is 11.3. The maximum atomic E-state index is 13.4. The van der Waals surface area contributed by atoms with E-state index in [1.165, 1.54) is 11.9 Å². The van der Waals surface area contributed by atoms with E-state index in [-0.39, 0.29) is 30.2 Å². The number of nitrogens with one attached hydrogen (secondary N) is 1. The molecule has 0 aromatic heterocycles. The van der Waals surface area contributed by atoms with E-state index in [1.54, 1.807) is 7.11 Å². The van der Waals surface area contributed by atoms with Crippen molar-refractivity contribution in [3.05, 3.63) is 59.1 Å². The Bertz CT molecular complexity index is 922. The molecule has 0 spiro atoms. The molecule has 1 N–H and O–H groups in total. The van der Waals surface area contributed by atoms with Crippen molar-refractivity contribution in [2.75, 3.05) is 19.4 Å². The highest BCUT2D eigenvalue weighted by Gasteiger charge is 2.36. The number of hydrogen-bond acceptors (Lipinski definition) is 5. The molecule has 0 aliphatic carbocycles. The number of likely N-dealkylation sites (tertiary alicyclic amines) is 1. The predicted molar refractivity (Wildman–Crippen MR) is 138 cm³/mol. The number of methoxy groups -OCH3 is 1. The molecule has 2 aromatic rings. The van der Waals surface area contributed by atoms with E-state index >= 15 is 0 Å². The van der Waals surface area contributed by atoms with Gasteiger partial charge >= 0.3 is 0 Å². The van der Waals surface area contributed by atoms with Crippen molar-refractivity contribution in [3.8, 4) is 5.75 Å². The molecule has 1 fully saturated rings. The lowest BCUT2D eigenvalue weighted by Gasteiger charge is -2.39. The smallest absolute Gasteiger partial charge is 0.230 e. The number of rotatable bonds is 10. The molecule has 8 heteroatoms. The Balaban J connectivity index is 1.62. The SMILES string of the molecule is COc1ccc(SNC(=O)C[C@H]2CCC(c3ccc(Cl)cc3)N(CCSC(C)C)C2=O)cc1. The molecular formula is C25H31ClN2O3S2. The Hall–Kier alpha value is -1.83. The summed E-state index contributed by atoms with van der Waals surface area (Å²) in [5, 5.41) is 1.20. The summed E-state index contributed by atoms with van der Waals surface area (Å²) < 4.78 is 8.03. The summed E-state index contributed by atoms with van der Waals surface area (Å²) >= 11 is 9.17. The van der Waals surface area contributed by atoms with Crippen LogP contribution in [0.1, 0.15) is 44.7 Å². The van der Waals surface area contributed by atoms with Gasteiger partial charge in [0.15, 0.2) is 0 Å². The van der Waals surface area contributed by atoms with E-state index < -0.39 is 0 Å². The zero-order chi connectivity index (χ0) is 23.8. The highest BCUT2D eigenvalue weighted by Crippen LogP contribution is 2.36. The van der Waals surface area contributed by atoms with Crippen molar-refractivity contribution in [3.63, 3.8) is 0 Å². The zero-order valence-electron chi connectivity index (χ0n) is 19.3. The Morgan fingerprint density at radius 2 is 1.85 bits per heavy atom. The van der Waals surface area contributed by atoms with E-state index in [1.807, 2.05) is 65.2 Å². The van der Waals surface area contributed by atoms with Crippen LogP contribution < -0.4 is 9.46 Å². The minimum absolute atomic E-state index is 0.0236. The van der Waals surface area contributed by atoms with Crippen LogP contribution in [0.2, 0.25) is 5.02 Å². The average molecular weight is 507 g/mol. The van der Waals surface area contributed by atoms with Gasteiger partial charge < -0.3 is 9.64 Å². The molecule has 3 rings (SSSR count). The summed E-state index contributed by atoms with van der Waals surface area (Å²) in [6.07, 6.45) is 1.73. The van der Waals surface area contributed by atoms with Gasteiger partial charge in [0.1, 0.15) is 5.75 Å². The quantitative estimate of drug-likeness (QED) is 0.401. The molecule has 5 nitrogen and oxygen atoms in total. The number of hydrogen-bond donors (Lipinski definition) is 1. The normalized spacial score (nSPS) is 18.5. The summed E-state index contributed by atoms with van der Waals surface area (Å²) in [7, 11) is 1.62. The second-order valence-electron chi connectivity index (χ2n) is 8.30. The predicted octanol–water partition coefficient (Wildman–Crippen LogP) is 5.98. The van der Waals surface area contributed by atoms with Gasteiger partial charge in [0.05, 0.1) is 13.2 Å². The lowest BCUT2D eigenvalue weighted by Crippen LogP contribution is -2.45. The molecule has 178 valence electrons. The maximum absolute atomic E-state index is 13.4. The number of thioether (sulfide) groups is 1. The van der Waals surface area contributed by atoms with Crippen molar-refractivity contribution in [2.45, 2.75) is 49.3 Å². The molecule has 1 aliphatic rings. The Labute approximate surface area is 210 Å². The van der Waals surface area contributed by atoms with Crippen LogP contribution in [0.4, 0.5) is 0 Å². The van der Waals surface area contributed by atoms with Crippen molar-refractivity contribution in [1.82, 2.24) is 9.62 Å². The van der Waals surface area contributed by atoms with Crippen LogP contribution in [0.5, 0.6) is 5.75 Å². The van der Waals surface area contributed by atoms with Crippen molar-refractivity contribution in [1.29, 1.82) is 0 Å². The van der Waals surface area contributed by atoms with Crippen LogP contribution in [0.25, 0.3) is 0 Å². The van der Waals surface area contributed by atoms with Gasteiger partial charge in [-0.3, -0.25) is 14.3 Å². The monoisotopic (exact) mass is 506 g/mol. The minimum Gasteiger partial charge on any atom is -0.497 e. The van der Waals surface area contributed by atoms with Crippen molar-refractivity contribution in [2.24, 2.45) is 5.92 Å². The summed E-state index contributed by atoms with van der Waals surface area (Å²) in [5.74, 6) is 1.28. The number of carbonyl (C=O) groups excluding carboxylic acids is 2. The van der Waals surface area contributed by atoms with Gasteiger partial charge in [0, 0.05) is 34.6 Å². The third-order valence-electron chi connectivity index (χ3n) is 5.61. The van der Waals surface area contributed by atoms with Gasteiger partial charge in [-0.2, -0.15) is 11.8 Å². The molecule has 0 radical (unpaired) electrons. The van der Waals surface area contributed by atoms with Crippen LogP contribution in [0.3, 0.4) is 0 Å². The van der Waals surface area contributed by atoms with Crippen LogP contribution >= 0.6 is 35.3 Å². The largest absolute Gasteiger partial charge is 0.497 e. The summed E-state index contributed by atoms with van der Waals surface area (Å²) in [6.45, 7) is 4.99. The fraction of sp³-hybridized carbons (Fsp3) is 0.440. The van der Waals surface area contributed by atoms with Gasteiger partial charge in [-0.05, 0) is 72.0 Å². The third-order valence-corrected chi connectivity index (χ3v) is 7.78. The molecule has 0 saturated carbocycles. The molecule has 2 amide bonds. The summed E-state index contributed by atoms with van der Waals surface area (Å²) in [4.78, 5) is 28.9. The Kier molecular flexibility index (Phi) is 9.83. The molecular weight excluding hydrogens is 476 g/mol. The van der Waals surface area contributed by atoms with Crippen LogP contribution in [0, 0.1) is 5.92 Å². The lowest BCUT2D eigenvalue weighted by molar-refractivity contribution is -0.144. The number of piperidine rings is 1. The third kappa shape index (κ3) is 7.59. The number of benzene rings is 2. The Morgan fingerprint density at radius 3 is 2.48 bits per heavy atom. The fourth-order valence-corrected chi connectivity index (χ4v) is 5.41. The van der Waals surface area contributed by atoms with Gasteiger partial charge in [0.25, 0.3) is 0 Å². The van der Waals surface area contributed by atoms with Gasteiger partial charge in [-0.1, -0.05) is 37.6 Å². The first kappa shape index (κ1) is 25.8. The summed E-state index contributed by atoms with van der Waals surface area (Å²) in [5.41, 5.74) is 1.10. The maximum Gasteiger partial charge on any atom is 0.230 e. The average Bonchev–Trinajstić information content (AvgIpc) is 2.81. The molecule has 2 atom stereocenters. The van der Waals surface area contributed by atoms with Crippen LogP contribution in [-0.2, 0) is 9.59 Å². The first-order valence-electron chi connectivity index (χ1n) is 11.1. The second kappa shape index (κ2) is 12.6. The molecule has 2 aromatic carbocycles. The summed E-state index contributed by atoms with van der Waals surface area (Å²) in [6, 6.07) is 15.3. The molecule has 0 bridgehead atoms. The highest BCUT2D eigenvalue weighted by atomic mass is 35.5. The first-order chi connectivity index (χ1) is 15.9. The molecule has 1 heterocycles. The van der Waals surface area contributed by atoms with Crippen molar-refractivity contribution < 1.29 is 14.3 Å². The standard InChI is InChI=1S/C25H31ClN2O3S2/c1-17(2)32-15-14-28-23(18-4-7-20(26)8-5-18)13-6-19(25(28)30)16-24(29)27-33-22-11-9-21(31-3)10-12-22/h4-5,7-12,17,19,23H,6,13-16H2,1-3H3,(H,27,29)/t19-,23?/m1/s1. The van der Waals surface area contributed by atoms with Gasteiger partial charge in [-0.15, -0.1) is 0 Å². The van der Waals surface area contributed by atoms with Crippen molar-refractivity contribution >= 4 is 47.1 Å². The van der Waals surface area contributed by atoms with Crippen LogP contribution in [-0.4, -0.2) is 41.4 Å². The minimum atomic E-state index is -0.297. The lowest BCUT2D eigenvalue weighted by atomic mass is 9.86. The van der Waals surface area contributed by atoms with Gasteiger partial charge in [-0.25, -0.2) is 0 Å². The highest BCUT2D eigenvalue weighted by molar-refractivity contribution is 7.99. The topological polar surface area (TPSA) is 58.6 Å². The number of ether oxygens (including phenoxy) is 1. The van der Waals surface area contributed by atoms with Crippen LogP contribution in [0.15, 0.2) is 53.4 Å². The number of nitrogens with zero attached hydrogens (tertiary/aromatic N) is 1. The van der Waals surface area contributed by atoms with E-state index in [9.17, 15) is 9.59 Å². The molecule has 1 saturated heterocycles. The van der Waals surface area contributed by atoms with Gasteiger partial charge in [0.2, 0.25) is 11.8 Å². The van der Waals surface area contributed by atoms with E-state index in [2.05, 4.69) is 18.6 Å². The number of amides is 2. The first-order valence-corrected chi connectivity index (χ1v) is 13.4. The molecule has 1 aliphatic heterocycles. The van der Waals surface area contributed by atoms with E-state index in [0.717, 1.165) is 28.4 Å². The fourth-order valence-electron chi connectivity index (χ4n) is 3.93. The molecule has 1 unspecified atom stereocenters.